The minimum atomic E-state index is 1.06. The molecule has 0 amide bonds. The first-order chi connectivity index (χ1) is 37.6. The first-order valence-corrected chi connectivity index (χ1v) is 28.2. The number of benzene rings is 12. The first-order valence-electron chi connectivity index (χ1n) is 25.7. The fraction of sp³-hybridized carbons (Fsp3) is 0. The van der Waals surface area contributed by atoms with Crippen LogP contribution in [0.2, 0.25) is 0 Å². The molecule has 4 heterocycles. The van der Waals surface area contributed by atoms with E-state index >= 15 is 0 Å². The molecule has 16 aromatic rings. The van der Waals surface area contributed by atoms with Gasteiger partial charge < -0.3 is 14.4 Å². The van der Waals surface area contributed by atoms with E-state index in [2.05, 4.69) is 275 Å². The van der Waals surface area contributed by atoms with Crippen molar-refractivity contribution in [3.63, 3.8) is 0 Å². The van der Waals surface area contributed by atoms with Crippen LogP contribution in [0.3, 0.4) is 0 Å². The van der Waals surface area contributed by atoms with Crippen LogP contribution in [0.15, 0.2) is 261 Å². The number of rotatable bonds is 8. The van der Waals surface area contributed by atoms with Crippen molar-refractivity contribution in [1.29, 1.82) is 0 Å². The average molecular weight is 1020 g/mol. The summed E-state index contributed by atoms with van der Waals surface area (Å²) in [5.41, 5.74) is 12.3. The van der Waals surface area contributed by atoms with Crippen molar-refractivity contribution < 1.29 is 0 Å². The molecule has 0 fully saturated rings. The fourth-order valence-electron chi connectivity index (χ4n) is 11.9. The Morgan fingerprint density at radius 1 is 0.250 bits per heavy atom. The summed E-state index contributed by atoms with van der Waals surface area (Å²) >= 11 is 5.59. The molecule has 0 bridgehead atoms. The van der Waals surface area contributed by atoms with Gasteiger partial charge in [0.2, 0.25) is 0 Å². The molecule has 0 aliphatic heterocycles. The Hall–Kier alpha value is -9.04. The lowest BCUT2D eigenvalue weighted by Gasteiger charge is -2.30. The van der Waals surface area contributed by atoms with Crippen LogP contribution in [0.25, 0.3) is 110 Å². The Balaban J connectivity index is 0.976. The summed E-state index contributed by atoms with van der Waals surface area (Å²) in [4.78, 5) is 4.89. The molecule has 76 heavy (non-hydrogen) atoms. The number of anilines is 6. The van der Waals surface area contributed by atoms with Crippen molar-refractivity contribution in [3.8, 4) is 16.8 Å². The van der Waals surface area contributed by atoms with Crippen molar-refractivity contribution in [2.45, 2.75) is 0 Å². The first kappa shape index (κ1) is 43.4. The standard InChI is InChI=1S/C70H43N3S3/c1-4-16-47(17-5-1)71(50-30-34-67-60(41-50)54-22-10-13-25-64(54)74-67)52-36-46(37-53(40-52)72(48-18-6-2-7-19-48)51-31-35-68-61(42-51)55-23-11-14-26-65(55)75-68)44-28-32-62-58(38-44)59-43-57-45(39-63(59)73(62)49-20-8-3-9-21-49)29-33-69-70(57)56-24-12-15-27-66(56)76-69/h1-43H. The largest absolute Gasteiger partial charge is 0.310 e. The summed E-state index contributed by atoms with van der Waals surface area (Å²) in [6.07, 6.45) is 0. The lowest BCUT2D eigenvalue weighted by Crippen LogP contribution is -2.13. The number of hydrogen-bond donors (Lipinski definition) is 0. The highest BCUT2D eigenvalue weighted by Gasteiger charge is 2.23. The van der Waals surface area contributed by atoms with E-state index in [-0.39, 0.29) is 0 Å². The molecule has 4 aromatic heterocycles. The third-order valence-corrected chi connectivity index (χ3v) is 18.7. The molecule has 0 radical (unpaired) electrons. The zero-order valence-electron chi connectivity index (χ0n) is 40.9. The SMILES string of the molecule is c1ccc(N(c2cc(-c3ccc4c(c3)c3cc5c(ccc6sc7ccccc7c65)cc3n4-c3ccccc3)cc(N(c3ccccc3)c3ccc4sc5ccccc5c4c3)c2)c2ccc3sc4ccccc4c3c2)cc1. The van der Waals surface area contributed by atoms with Gasteiger partial charge in [0.05, 0.1) is 11.0 Å². The molecule has 0 unspecified atom stereocenters. The van der Waals surface area contributed by atoms with Gasteiger partial charge in [-0.1, -0.05) is 121 Å². The van der Waals surface area contributed by atoms with Gasteiger partial charge in [0, 0.05) is 111 Å². The number of thiophene rings is 3. The van der Waals surface area contributed by atoms with Crippen molar-refractivity contribution in [1.82, 2.24) is 4.57 Å². The van der Waals surface area contributed by atoms with Gasteiger partial charge in [0.25, 0.3) is 0 Å². The van der Waals surface area contributed by atoms with E-state index in [1.54, 1.807) is 0 Å². The molecule has 0 atom stereocenters. The molecule has 0 N–H and O–H groups in total. The molecule has 0 aliphatic carbocycles. The summed E-state index contributed by atoms with van der Waals surface area (Å²) in [5.74, 6) is 0. The number of para-hydroxylation sites is 3. The third kappa shape index (κ3) is 6.92. The maximum Gasteiger partial charge on any atom is 0.0547 e. The Morgan fingerprint density at radius 3 is 1.34 bits per heavy atom. The van der Waals surface area contributed by atoms with Crippen molar-refractivity contribution in [3.05, 3.63) is 261 Å². The maximum atomic E-state index is 2.47. The molecule has 3 nitrogen and oxygen atoms in total. The lowest BCUT2D eigenvalue weighted by molar-refractivity contribution is 1.18. The fourth-order valence-corrected chi connectivity index (χ4v) is 15.2. The van der Waals surface area contributed by atoms with Gasteiger partial charge >= 0.3 is 0 Å². The van der Waals surface area contributed by atoms with E-state index < -0.39 is 0 Å². The van der Waals surface area contributed by atoms with Crippen LogP contribution in [-0.2, 0) is 0 Å². The summed E-state index contributed by atoms with van der Waals surface area (Å²) in [5, 5.41) is 12.7. The predicted octanol–water partition coefficient (Wildman–Crippen LogP) is 21.6. The monoisotopic (exact) mass is 1020 g/mol. The zero-order chi connectivity index (χ0) is 49.8. The van der Waals surface area contributed by atoms with Crippen molar-refractivity contribution in [2.75, 3.05) is 9.80 Å². The highest BCUT2D eigenvalue weighted by atomic mass is 32.1. The number of fused-ring (bicyclic) bond motifs is 14. The Bertz CT molecular complexity index is 4780. The summed E-state index contributed by atoms with van der Waals surface area (Å²) in [6, 6.07) is 96.8. The number of hydrogen-bond acceptors (Lipinski definition) is 5. The highest BCUT2D eigenvalue weighted by Crippen LogP contribution is 2.48. The van der Waals surface area contributed by atoms with E-state index in [9.17, 15) is 0 Å². The van der Waals surface area contributed by atoms with E-state index in [4.69, 9.17) is 0 Å². The molecule has 0 spiro atoms. The predicted molar refractivity (Wildman–Crippen MR) is 332 cm³/mol. The molecule has 12 aromatic carbocycles. The van der Waals surface area contributed by atoms with Crippen LogP contribution < -0.4 is 9.80 Å². The molecule has 0 saturated carbocycles. The summed E-state index contributed by atoms with van der Waals surface area (Å²) < 4.78 is 10.2. The van der Waals surface area contributed by atoms with Crippen LogP contribution in [0.5, 0.6) is 0 Å². The van der Waals surface area contributed by atoms with E-state index in [1.165, 1.54) is 93.1 Å². The minimum Gasteiger partial charge on any atom is -0.310 e. The van der Waals surface area contributed by atoms with Crippen LogP contribution in [0.4, 0.5) is 34.1 Å². The summed E-state index contributed by atoms with van der Waals surface area (Å²) in [6.45, 7) is 0. The summed E-state index contributed by atoms with van der Waals surface area (Å²) in [7, 11) is 0. The topological polar surface area (TPSA) is 11.4 Å². The Labute approximate surface area is 450 Å². The van der Waals surface area contributed by atoms with Gasteiger partial charge in [-0.05, 0) is 161 Å². The Morgan fingerprint density at radius 2 is 0.737 bits per heavy atom. The van der Waals surface area contributed by atoms with Gasteiger partial charge in [-0.15, -0.1) is 34.0 Å². The second kappa shape index (κ2) is 17.3. The lowest BCUT2D eigenvalue weighted by atomic mass is 9.98. The zero-order valence-corrected chi connectivity index (χ0v) is 43.3. The normalized spacial score (nSPS) is 11.9. The number of nitrogens with zero attached hydrogens (tertiary/aromatic N) is 3. The molecule has 16 rings (SSSR count). The van der Waals surface area contributed by atoms with Gasteiger partial charge in [-0.3, -0.25) is 0 Å². The molecule has 0 aliphatic rings. The van der Waals surface area contributed by atoms with Crippen molar-refractivity contribution in [2.24, 2.45) is 0 Å². The van der Waals surface area contributed by atoms with Gasteiger partial charge in [0.1, 0.15) is 0 Å². The third-order valence-electron chi connectivity index (χ3n) is 15.3. The Kier molecular flexibility index (Phi) is 9.85. The smallest absolute Gasteiger partial charge is 0.0547 e. The van der Waals surface area contributed by atoms with E-state index in [1.807, 2.05) is 34.0 Å². The second-order valence-electron chi connectivity index (χ2n) is 19.7. The molecular formula is C70H43N3S3. The van der Waals surface area contributed by atoms with Crippen molar-refractivity contribution >= 4 is 161 Å². The molecule has 6 heteroatoms. The molecule has 0 saturated heterocycles. The second-order valence-corrected chi connectivity index (χ2v) is 22.9. The van der Waals surface area contributed by atoms with Gasteiger partial charge in [0.15, 0.2) is 0 Å². The number of aromatic nitrogens is 1. The van der Waals surface area contributed by atoms with E-state index in [0.29, 0.717) is 0 Å². The minimum absolute atomic E-state index is 1.06. The van der Waals surface area contributed by atoms with Gasteiger partial charge in [-0.25, -0.2) is 0 Å². The van der Waals surface area contributed by atoms with Crippen LogP contribution >= 0.6 is 34.0 Å². The molecular weight excluding hydrogens is 979 g/mol. The van der Waals surface area contributed by atoms with Gasteiger partial charge in [-0.2, -0.15) is 0 Å². The quantitative estimate of drug-likeness (QED) is 0.150. The maximum absolute atomic E-state index is 2.47. The van der Waals surface area contributed by atoms with E-state index in [0.717, 1.165) is 50.9 Å². The van der Waals surface area contributed by atoms with Crippen LogP contribution in [0.1, 0.15) is 0 Å². The van der Waals surface area contributed by atoms with Crippen LogP contribution in [0, 0.1) is 0 Å². The molecule has 356 valence electrons. The highest BCUT2D eigenvalue weighted by molar-refractivity contribution is 7.26. The average Bonchev–Trinajstić information content (AvgIpc) is 4.29. The van der Waals surface area contributed by atoms with Crippen LogP contribution in [-0.4, -0.2) is 4.57 Å².